The second-order valence-corrected chi connectivity index (χ2v) is 18.2. The molecule has 3 aromatic rings. The van der Waals surface area contributed by atoms with E-state index in [1.165, 1.54) is 12.3 Å². The Bertz CT molecular complexity index is 2300. The highest BCUT2D eigenvalue weighted by Crippen LogP contribution is 2.66. The molecular weight excluding hydrogens is 787 g/mol. The van der Waals surface area contributed by atoms with Gasteiger partial charge in [-0.3, -0.25) is 13.9 Å². The first kappa shape index (κ1) is 42.5. The summed E-state index contributed by atoms with van der Waals surface area (Å²) in [4.78, 5) is 79.7. The van der Waals surface area contributed by atoms with Crippen molar-refractivity contribution in [2.24, 2.45) is 0 Å². The summed E-state index contributed by atoms with van der Waals surface area (Å²) in [6.07, 6.45) is 1.49. The van der Waals surface area contributed by atoms with Gasteiger partial charge >= 0.3 is 34.8 Å². The van der Waals surface area contributed by atoms with Crippen LogP contribution in [0.1, 0.15) is 81.7 Å². The Kier molecular flexibility index (Phi) is 12.7. The standard InChI is InChI=1S/C32H42N5O15P3/c1-19-13-29(39)50-26-15-25-23(14-24(19)26)20(2)16-32(3,4)37(25)12-6-8-27(38)34-11-5-7-21-17-36(31(40)35-30(21)33)28-10-9-22(49-28)18-48-54(44,45)52-55(46,47)51-53(41,42)43/h13-15,17,20,22,28H,6,8-12,16,18H2,1-4H3,(H,34,38)(H,44,45)(H,46,47)(H2,33,35,40)(H2,41,42,43)/t20?,22-,28+/m0/s1. The lowest BCUT2D eigenvalue weighted by Crippen LogP contribution is -2.49. The molecular formula is C32H42N5O15P3. The number of anilines is 2. The van der Waals surface area contributed by atoms with Crippen molar-refractivity contribution in [1.82, 2.24) is 14.9 Å². The molecule has 55 heavy (non-hydrogen) atoms. The summed E-state index contributed by atoms with van der Waals surface area (Å²) in [6.45, 7) is 8.24. The molecule has 300 valence electrons. The predicted octanol–water partition coefficient (Wildman–Crippen LogP) is 3.30. The third kappa shape index (κ3) is 11.0. The van der Waals surface area contributed by atoms with Gasteiger partial charge < -0.3 is 44.7 Å². The van der Waals surface area contributed by atoms with Crippen LogP contribution in [0.2, 0.25) is 0 Å². The van der Waals surface area contributed by atoms with Crippen LogP contribution in [0.4, 0.5) is 11.5 Å². The third-order valence-electron chi connectivity index (χ3n) is 9.06. The SMILES string of the molecule is Cc1cc(=O)oc2cc3c(cc12)C(C)CC(C)(C)N3CCCC(=O)NCC#Cc1cn([C@H]2CC[C@@H](COP(=O)(O)OP(=O)(O)OP(=O)(O)O)O2)c(=O)nc1N. The van der Waals surface area contributed by atoms with E-state index in [2.05, 4.69) is 67.0 Å². The smallest absolute Gasteiger partial charge is 0.423 e. The van der Waals surface area contributed by atoms with Gasteiger partial charge in [0.2, 0.25) is 5.91 Å². The normalized spacial score (nSPS) is 21.6. The van der Waals surface area contributed by atoms with Crippen LogP contribution in [0.25, 0.3) is 11.0 Å². The molecule has 23 heteroatoms. The zero-order valence-electron chi connectivity index (χ0n) is 30.2. The molecule has 0 saturated carbocycles. The summed E-state index contributed by atoms with van der Waals surface area (Å²) in [5.74, 6) is 5.45. The molecule has 1 amide bonds. The van der Waals surface area contributed by atoms with Crippen molar-refractivity contribution in [3.05, 3.63) is 62.0 Å². The molecule has 3 unspecified atom stereocenters. The molecule has 1 fully saturated rings. The van der Waals surface area contributed by atoms with E-state index in [1.807, 2.05) is 13.0 Å². The number of hydrogen-bond acceptors (Lipinski definition) is 14. The second kappa shape index (κ2) is 16.4. The number of nitrogens with one attached hydrogen (secondary N) is 1. The number of nitrogens with two attached hydrogens (primary N) is 1. The summed E-state index contributed by atoms with van der Waals surface area (Å²) in [5, 5.41) is 3.65. The number of amides is 1. The van der Waals surface area contributed by atoms with Gasteiger partial charge in [-0.05, 0) is 69.6 Å². The van der Waals surface area contributed by atoms with Crippen LogP contribution in [0.5, 0.6) is 0 Å². The van der Waals surface area contributed by atoms with Gasteiger partial charge in [-0.25, -0.2) is 23.3 Å². The molecule has 2 aromatic heterocycles. The monoisotopic (exact) mass is 829 g/mol. The fourth-order valence-corrected chi connectivity index (χ4v) is 9.81. The number of nitrogen functional groups attached to an aromatic ring is 1. The Balaban J connectivity index is 1.14. The Morgan fingerprint density at radius 1 is 1.11 bits per heavy atom. The van der Waals surface area contributed by atoms with E-state index < -0.39 is 53.7 Å². The summed E-state index contributed by atoms with van der Waals surface area (Å²) in [6, 6.07) is 5.50. The number of carbonyl (C=O) groups excluding carboxylic acids is 1. The molecule has 7 N–H and O–H groups in total. The van der Waals surface area contributed by atoms with Crippen LogP contribution in [0, 0.1) is 18.8 Å². The van der Waals surface area contributed by atoms with Crippen LogP contribution < -0.4 is 27.3 Å². The van der Waals surface area contributed by atoms with Crippen LogP contribution in [0.3, 0.4) is 0 Å². The zero-order valence-corrected chi connectivity index (χ0v) is 32.9. The summed E-state index contributed by atoms with van der Waals surface area (Å²) in [7, 11) is -16.6. The number of hydrogen-bond donors (Lipinski definition) is 6. The van der Waals surface area contributed by atoms with Crippen molar-refractivity contribution >= 4 is 51.8 Å². The van der Waals surface area contributed by atoms with Gasteiger partial charge in [-0.1, -0.05) is 18.8 Å². The Hall–Kier alpha value is -3.69. The van der Waals surface area contributed by atoms with E-state index in [1.54, 1.807) is 0 Å². The lowest BCUT2D eigenvalue weighted by atomic mass is 9.79. The molecule has 5 rings (SSSR count). The number of fused-ring (bicyclic) bond motifs is 2. The van der Waals surface area contributed by atoms with Gasteiger partial charge in [0.25, 0.3) is 0 Å². The predicted molar refractivity (Wildman–Crippen MR) is 197 cm³/mol. The maximum atomic E-state index is 12.8. The molecule has 20 nitrogen and oxygen atoms in total. The fraction of sp³-hybridized carbons (Fsp3) is 0.500. The second-order valence-electron chi connectivity index (χ2n) is 13.8. The van der Waals surface area contributed by atoms with Crippen molar-refractivity contribution in [1.29, 1.82) is 0 Å². The van der Waals surface area contributed by atoms with E-state index in [0.29, 0.717) is 18.5 Å². The number of phosphoric acid groups is 3. The lowest BCUT2D eigenvalue weighted by molar-refractivity contribution is -0.120. The van der Waals surface area contributed by atoms with Gasteiger partial charge in [-0.15, -0.1) is 0 Å². The van der Waals surface area contributed by atoms with Crippen molar-refractivity contribution in [3.63, 3.8) is 0 Å². The molecule has 2 aliphatic heterocycles. The van der Waals surface area contributed by atoms with E-state index in [-0.39, 0.29) is 54.6 Å². The third-order valence-corrected chi connectivity index (χ3v) is 12.9. The average molecular weight is 830 g/mol. The minimum Gasteiger partial charge on any atom is -0.423 e. The van der Waals surface area contributed by atoms with Crippen LogP contribution >= 0.6 is 23.5 Å². The highest BCUT2D eigenvalue weighted by Gasteiger charge is 2.42. The van der Waals surface area contributed by atoms with E-state index >= 15 is 0 Å². The van der Waals surface area contributed by atoms with E-state index in [0.717, 1.165) is 33.2 Å². The van der Waals surface area contributed by atoms with Crippen LogP contribution in [-0.4, -0.2) is 66.4 Å². The van der Waals surface area contributed by atoms with Crippen molar-refractivity contribution in [2.45, 2.75) is 83.6 Å². The molecule has 2 aliphatic rings. The average Bonchev–Trinajstić information content (AvgIpc) is 3.51. The number of nitrogens with zero attached hydrogens (tertiary/aromatic N) is 3. The number of benzene rings is 1. The minimum atomic E-state index is -5.68. The maximum absolute atomic E-state index is 12.8. The number of carbonyl (C=O) groups is 1. The van der Waals surface area contributed by atoms with Gasteiger partial charge in [-0.2, -0.15) is 13.6 Å². The van der Waals surface area contributed by atoms with Gasteiger partial charge in [0.15, 0.2) is 0 Å². The van der Waals surface area contributed by atoms with Crippen molar-refractivity contribution in [3.8, 4) is 11.8 Å². The zero-order chi connectivity index (χ0) is 40.5. The number of aromatic nitrogens is 2. The Morgan fingerprint density at radius 2 is 1.84 bits per heavy atom. The van der Waals surface area contributed by atoms with E-state index in [4.69, 9.17) is 24.7 Å². The number of phosphoric ester groups is 1. The molecule has 0 spiro atoms. The summed E-state index contributed by atoms with van der Waals surface area (Å²) >= 11 is 0. The molecule has 0 aliphatic carbocycles. The van der Waals surface area contributed by atoms with E-state index in [9.17, 15) is 37.9 Å². The van der Waals surface area contributed by atoms with Crippen molar-refractivity contribution < 1.29 is 60.4 Å². The summed E-state index contributed by atoms with van der Waals surface area (Å²) < 4.78 is 58.6. The number of rotatable bonds is 13. The molecule has 5 atom stereocenters. The highest BCUT2D eigenvalue weighted by molar-refractivity contribution is 7.66. The summed E-state index contributed by atoms with van der Waals surface area (Å²) in [5.41, 5.74) is 8.19. The van der Waals surface area contributed by atoms with Gasteiger partial charge in [0, 0.05) is 47.9 Å². The van der Waals surface area contributed by atoms with Gasteiger partial charge in [0.05, 0.1) is 24.8 Å². The topological polar surface area (TPSA) is 293 Å². The molecule has 0 bridgehead atoms. The minimum absolute atomic E-state index is 0.0278. The number of aryl methyl sites for hydroxylation is 1. The van der Waals surface area contributed by atoms with Crippen LogP contribution in [-0.2, 0) is 36.4 Å². The van der Waals surface area contributed by atoms with Crippen LogP contribution in [0.15, 0.2) is 38.4 Å². The quantitative estimate of drug-likeness (QED) is 0.0818. The number of ether oxygens (including phenoxy) is 1. The largest absolute Gasteiger partial charge is 0.490 e. The molecule has 4 heterocycles. The first-order valence-electron chi connectivity index (χ1n) is 17.0. The fourth-order valence-electron chi connectivity index (χ4n) is 6.76. The Labute approximate surface area is 314 Å². The molecule has 1 saturated heterocycles. The molecule has 1 aromatic carbocycles. The first-order chi connectivity index (χ1) is 25.5. The van der Waals surface area contributed by atoms with Crippen molar-refractivity contribution in [2.75, 3.05) is 30.3 Å². The molecule has 0 radical (unpaired) electrons. The maximum Gasteiger partial charge on any atom is 0.490 e. The van der Waals surface area contributed by atoms with Gasteiger partial charge in [0.1, 0.15) is 17.6 Å². The first-order valence-corrected chi connectivity index (χ1v) is 21.5. The highest BCUT2D eigenvalue weighted by atomic mass is 31.3. The Morgan fingerprint density at radius 3 is 2.55 bits per heavy atom. The lowest BCUT2D eigenvalue weighted by Gasteiger charge is -2.47.